The van der Waals surface area contributed by atoms with Gasteiger partial charge in [-0.1, -0.05) is 103 Å². The van der Waals surface area contributed by atoms with Crippen LogP contribution in [0.1, 0.15) is 0 Å². The predicted molar refractivity (Wildman–Crippen MR) is 358 cm³/mol. The standard InChI is InChI=1S/C80H48IN4S/c1-3-16-55(17-4-1)82-43-42-54-44-49(31-37-68(54)82)50-32-38-71-65(45-50)60-35-30-53(48-76(60)83(71)56-18-5-2-6-19-56)57-36-41-75(79-62-23-10-14-29-77(62)86-80(57)79)85-70-27-13-9-21-59(70)64-47-52(34-40-73(64)85)51-33-39-72-63(46-51)58-20-8-12-26-69(58)84(72)74-28-15-25-67-78(74)61-22-7-11-24-66(61)81-67/h1-48H/q-1. The maximum absolute atomic E-state index is 2.53. The summed E-state index contributed by atoms with van der Waals surface area (Å²) in [5, 5.41) is 11.2. The van der Waals surface area contributed by atoms with E-state index in [2.05, 4.69) is 310 Å². The minimum absolute atomic E-state index is 0.230. The molecule has 13 aromatic carbocycles. The Bertz CT molecular complexity index is 5870. The van der Waals surface area contributed by atoms with Crippen LogP contribution in [0.2, 0.25) is 0 Å². The number of aromatic nitrogens is 4. The van der Waals surface area contributed by atoms with Crippen LogP contribution in [0, 0.1) is 7.14 Å². The molecule has 1 aliphatic rings. The van der Waals surface area contributed by atoms with Gasteiger partial charge in [-0.15, -0.1) is 11.3 Å². The Morgan fingerprint density at radius 1 is 0.291 bits per heavy atom. The Kier molecular flexibility index (Phi) is 10.4. The van der Waals surface area contributed by atoms with Gasteiger partial charge in [0, 0.05) is 53.9 Å². The van der Waals surface area contributed by atoms with E-state index in [4.69, 9.17) is 0 Å². The number of hydrogen-bond donors (Lipinski definition) is 0. The molecule has 6 heteroatoms. The molecule has 402 valence electrons. The average molecular weight is 1220 g/mol. The van der Waals surface area contributed by atoms with Gasteiger partial charge in [0.15, 0.2) is 0 Å². The molecule has 4 nitrogen and oxygen atoms in total. The summed E-state index contributed by atoms with van der Waals surface area (Å²) in [4.78, 5) is 0. The topological polar surface area (TPSA) is 19.7 Å². The number of rotatable bonds is 7. The van der Waals surface area contributed by atoms with E-state index in [0.29, 0.717) is 0 Å². The maximum atomic E-state index is 2.53. The fourth-order valence-corrected chi connectivity index (χ4v) is 18.5. The van der Waals surface area contributed by atoms with Crippen molar-refractivity contribution in [3.63, 3.8) is 0 Å². The molecule has 0 fully saturated rings. The van der Waals surface area contributed by atoms with E-state index >= 15 is 0 Å². The molecular weight excluding hydrogens is 1180 g/mol. The second kappa shape index (κ2) is 18.6. The summed E-state index contributed by atoms with van der Waals surface area (Å²) in [7, 11) is 0. The van der Waals surface area contributed by atoms with Crippen LogP contribution in [-0.4, -0.2) is 18.3 Å². The van der Waals surface area contributed by atoms with E-state index in [1.165, 1.54) is 160 Å². The molecule has 0 saturated heterocycles. The minimum atomic E-state index is -0.230. The van der Waals surface area contributed by atoms with E-state index in [1.54, 1.807) is 0 Å². The summed E-state index contributed by atoms with van der Waals surface area (Å²) in [6.07, 6.45) is 2.18. The molecule has 6 heterocycles. The van der Waals surface area contributed by atoms with Crippen LogP contribution < -0.4 is 21.2 Å². The number of fused-ring (bicyclic) bond motifs is 16. The summed E-state index contributed by atoms with van der Waals surface area (Å²) in [6.45, 7) is 0. The Morgan fingerprint density at radius 2 is 0.826 bits per heavy atom. The van der Waals surface area contributed by atoms with Crippen molar-refractivity contribution in [2.45, 2.75) is 0 Å². The number of para-hydroxylation sites is 4. The van der Waals surface area contributed by atoms with Gasteiger partial charge in [0.1, 0.15) is 0 Å². The number of nitrogens with zero attached hydrogens (tertiary/aromatic N) is 4. The SMILES string of the molecule is c1ccc(-n2ccc3cc(-c4ccc5c(c4)c4ccc(-c6ccc(-n7c8ccccc8c8cc(-c9ccc%10c(c9)c9ccccc9n%10-c9cccc%10c9-c9ccccc9[I-]%10)ccc87)c7c6sc6ccccc67)cc4n5-c4ccccc4)ccc32)cc1. The first-order valence-corrected chi connectivity index (χ1v) is 32.3. The second-order valence-corrected chi connectivity index (χ2v) is 26.7. The van der Waals surface area contributed by atoms with Gasteiger partial charge in [-0.05, 0) is 101 Å². The van der Waals surface area contributed by atoms with Gasteiger partial charge >= 0.3 is 202 Å². The number of halogens is 1. The first-order chi connectivity index (χ1) is 42.6. The predicted octanol–water partition coefficient (Wildman–Crippen LogP) is 18.4. The molecule has 0 aliphatic carbocycles. The monoisotopic (exact) mass is 1220 g/mol. The summed E-state index contributed by atoms with van der Waals surface area (Å²) in [5.74, 6) is 0. The fraction of sp³-hybridized carbons (Fsp3) is 0. The first kappa shape index (κ1) is 48.2. The van der Waals surface area contributed by atoms with Crippen molar-refractivity contribution in [3.8, 4) is 67.3 Å². The zero-order chi connectivity index (χ0) is 56.1. The quantitative estimate of drug-likeness (QED) is 0.142. The number of hydrogen-bond acceptors (Lipinski definition) is 1. The van der Waals surface area contributed by atoms with Crippen molar-refractivity contribution in [1.29, 1.82) is 0 Å². The molecule has 5 aromatic heterocycles. The smallest absolute Gasteiger partial charge is 0.309 e. The fourth-order valence-electron chi connectivity index (χ4n) is 14.3. The third-order valence-electron chi connectivity index (χ3n) is 18.2. The van der Waals surface area contributed by atoms with Gasteiger partial charge in [-0.3, -0.25) is 0 Å². The van der Waals surface area contributed by atoms with E-state index in [-0.39, 0.29) is 21.2 Å². The van der Waals surface area contributed by atoms with Gasteiger partial charge < -0.3 is 13.7 Å². The summed E-state index contributed by atoms with van der Waals surface area (Å²) >= 11 is 1.67. The van der Waals surface area contributed by atoms with E-state index in [1.807, 2.05) is 11.3 Å². The molecule has 0 unspecified atom stereocenters. The van der Waals surface area contributed by atoms with Crippen LogP contribution in [0.15, 0.2) is 291 Å². The molecule has 0 spiro atoms. The van der Waals surface area contributed by atoms with Crippen molar-refractivity contribution in [3.05, 3.63) is 298 Å². The molecular formula is C80H48IN4S-. The van der Waals surface area contributed by atoms with Gasteiger partial charge in [0.05, 0.1) is 27.8 Å². The molecule has 18 aromatic rings. The van der Waals surface area contributed by atoms with E-state index in [0.717, 1.165) is 11.4 Å². The third kappa shape index (κ3) is 7.08. The van der Waals surface area contributed by atoms with Gasteiger partial charge in [0.2, 0.25) is 0 Å². The molecule has 1 aliphatic heterocycles. The number of thiophene rings is 1. The summed E-state index contributed by atoms with van der Waals surface area (Å²) in [6, 6.07) is 107. The Labute approximate surface area is 509 Å². The van der Waals surface area contributed by atoms with Crippen molar-refractivity contribution in [2.24, 2.45) is 0 Å². The van der Waals surface area contributed by atoms with Crippen LogP contribution in [-0.2, 0) is 0 Å². The van der Waals surface area contributed by atoms with Gasteiger partial charge in [-0.25, -0.2) is 0 Å². The van der Waals surface area contributed by atoms with Crippen LogP contribution in [0.5, 0.6) is 0 Å². The van der Waals surface area contributed by atoms with Crippen molar-refractivity contribution >= 4 is 108 Å². The van der Waals surface area contributed by atoms with Crippen LogP contribution in [0.25, 0.3) is 164 Å². The molecule has 0 bridgehead atoms. The van der Waals surface area contributed by atoms with Crippen molar-refractivity contribution < 1.29 is 21.2 Å². The number of benzene rings is 13. The average Bonchev–Trinajstić information content (AvgIpc) is 1.90. The van der Waals surface area contributed by atoms with Gasteiger partial charge in [0.25, 0.3) is 0 Å². The normalized spacial score (nSPS) is 12.5. The minimum Gasteiger partial charge on any atom is -0.309 e. The molecule has 0 N–H and O–H groups in total. The van der Waals surface area contributed by atoms with E-state index < -0.39 is 0 Å². The Balaban J connectivity index is 0.747. The molecule has 19 rings (SSSR count). The van der Waals surface area contributed by atoms with Gasteiger partial charge in [-0.2, -0.15) is 0 Å². The molecule has 86 heavy (non-hydrogen) atoms. The summed E-state index contributed by atoms with van der Waals surface area (Å²) in [5.41, 5.74) is 23.2. The zero-order valence-electron chi connectivity index (χ0n) is 46.3. The molecule has 0 amide bonds. The second-order valence-electron chi connectivity index (χ2n) is 22.7. The van der Waals surface area contributed by atoms with Crippen molar-refractivity contribution in [2.75, 3.05) is 0 Å². The van der Waals surface area contributed by atoms with Crippen LogP contribution in [0.3, 0.4) is 0 Å². The zero-order valence-corrected chi connectivity index (χ0v) is 49.3. The first-order valence-electron chi connectivity index (χ1n) is 29.4. The van der Waals surface area contributed by atoms with E-state index in [9.17, 15) is 0 Å². The van der Waals surface area contributed by atoms with Crippen molar-refractivity contribution in [1.82, 2.24) is 18.3 Å². The van der Waals surface area contributed by atoms with Crippen LogP contribution >= 0.6 is 11.3 Å². The third-order valence-corrected chi connectivity index (χ3v) is 22.4. The Hall–Kier alpha value is -10.3. The molecule has 0 saturated carbocycles. The molecule has 0 atom stereocenters. The Morgan fingerprint density at radius 3 is 1.53 bits per heavy atom. The van der Waals surface area contributed by atoms with Crippen LogP contribution in [0.4, 0.5) is 0 Å². The summed E-state index contributed by atoms with van der Waals surface area (Å²) < 4.78 is 15.3. The molecule has 0 radical (unpaired) electrons.